The fraction of sp³-hybridized carbons (Fsp3) is 0.400. The largest absolute Gasteiger partial charge is 0.490 e. The summed E-state index contributed by atoms with van der Waals surface area (Å²) in [7, 11) is 3.31. The summed E-state index contributed by atoms with van der Waals surface area (Å²) in [6.45, 7) is 5.94. The molecule has 0 atom stereocenters. The minimum atomic E-state index is 0.486. The second-order valence-corrected chi connectivity index (χ2v) is 6.06. The van der Waals surface area contributed by atoms with Gasteiger partial charge in [0, 0.05) is 48.5 Å². The van der Waals surface area contributed by atoms with Gasteiger partial charge in [-0.3, -0.25) is 9.97 Å². The van der Waals surface area contributed by atoms with Crippen LogP contribution >= 0.6 is 0 Å². The molecule has 0 radical (unpaired) electrons. The Morgan fingerprint density at radius 3 is 1.50 bits per heavy atom. The van der Waals surface area contributed by atoms with Crippen molar-refractivity contribution in [3.63, 3.8) is 0 Å². The first-order valence-electron chi connectivity index (χ1n) is 8.59. The highest BCUT2D eigenvalue weighted by molar-refractivity contribution is 6.07. The molecule has 0 N–H and O–H groups in total. The number of rotatable bonds is 8. The number of pyridine rings is 2. The minimum Gasteiger partial charge on any atom is -0.490 e. The summed E-state index contributed by atoms with van der Waals surface area (Å²) in [6.07, 6.45) is 0. The number of benzene rings is 1. The average molecular weight is 356 g/mol. The second kappa shape index (κ2) is 8.29. The maximum absolute atomic E-state index is 5.89. The predicted molar refractivity (Wildman–Crippen MR) is 101 cm³/mol. The zero-order chi connectivity index (χ0) is 18.5. The van der Waals surface area contributed by atoms with Crippen molar-refractivity contribution in [2.24, 2.45) is 0 Å². The summed E-state index contributed by atoms with van der Waals surface area (Å²) in [5, 5.41) is 1.86. The van der Waals surface area contributed by atoms with Crippen molar-refractivity contribution in [1.29, 1.82) is 0 Å². The highest BCUT2D eigenvalue weighted by Gasteiger charge is 2.13. The molecule has 6 heteroatoms. The van der Waals surface area contributed by atoms with Gasteiger partial charge >= 0.3 is 0 Å². The van der Waals surface area contributed by atoms with Gasteiger partial charge in [-0.2, -0.15) is 0 Å². The average Bonchev–Trinajstić information content (AvgIpc) is 2.62. The summed E-state index contributed by atoms with van der Waals surface area (Å²) in [4.78, 5) is 9.43. The van der Waals surface area contributed by atoms with Crippen LogP contribution < -0.4 is 9.47 Å². The van der Waals surface area contributed by atoms with Gasteiger partial charge < -0.3 is 18.9 Å². The maximum Gasteiger partial charge on any atom is 0.130 e. The zero-order valence-electron chi connectivity index (χ0n) is 15.7. The predicted octanol–water partition coefficient (Wildman–Crippen LogP) is 3.45. The number of hydrogen-bond donors (Lipinski definition) is 0. The fourth-order valence-electron chi connectivity index (χ4n) is 2.86. The van der Waals surface area contributed by atoms with E-state index in [1.54, 1.807) is 14.2 Å². The molecule has 0 bridgehead atoms. The van der Waals surface area contributed by atoms with Gasteiger partial charge in [-0.05, 0) is 26.0 Å². The van der Waals surface area contributed by atoms with E-state index in [2.05, 4.69) is 0 Å². The lowest BCUT2D eigenvalue weighted by Crippen LogP contribution is -2.06. The molecule has 0 spiro atoms. The van der Waals surface area contributed by atoms with Gasteiger partial charge in [0.05, 0.1) is 13.2 Å². The molecule has 2 aromatic heterocycles. The topological polar surface area (TPSA) is 62.7 Å². The van der Waals surface area contributed by atoms with Crippen molar-refractivity contribution < 1.29 is 18.9 Å². The van der Waals surface area contributed by atoms with E-state index < -0.39 is 0 Å². The molecule has 3 rings (SSSR count). The van der Waals surface area contributed by atoms with Crippen LogP contribution in [0.4, 0.5) is 0 Å². The highest BCUT2D eigenvalue weighted by Crippen LogP contribution is 2.34. The van der Waals surface area contributed by atoms with E-state index in [9.17, 15) is 0 Å². The van der Waals surface area contributed by atoms with Crippen molar-refractivity contribution in [3.05, 3.63) is 35.7 Å². The summed E-state index contributed by atoms with van der Waals surface area (Å²) >= 11 is 0. The number of methoxy groups -OCH3 is 2. The molecular weight excluding hydrogens is 332 g/mol. The SMILES string of the molecule is COCCOc1cc(C)nc2c1ccc1c(OCCOC)cc(C)nc12. The maximum atomic E-state index is 5.89. The first kappa shape index (κ1) is 18.4. The molecule has 0 unspecified atom stereocenters. The third-order valence-corrected chi connectivity index (χ3v) is 4.03. The van der Waals surface area contributed by atoms with Gasteiger partial charge in [0.1, 0.15) is 35.7 Å². The van der Waals surface area contributed by atoms with Crippen LogP contribution in [0.5, 0.6) is 11.5 Å². The van der Waals surface area contributed by atoms with Gasteiger partial charge in [-0.15, -0.1) is 0 Å². The summed E-state index contributed by atoms with van der Waals surface area (Å²) < 4.78 is 21.9. The van der Waals surface area contributed by atoms with E-state index in [0.29, 0.717) is 26.4 Å². The van der Waals surface area contributed by atoms with Crippen LogP contribution in [0.15, 0.2) is 24.3 Å². The number of fused-ring (bicyclic) bond motifs is 3. The van der Waals surface area contributed by atoms with E-state index in [1.165, 1.54) is 0 Å². The van der Waals surface area contributed by atoms with Gasteiger partial charge in [0.15, 0.2) is 0 Å². The fourth-order valence-corrected chi connectivity index (χ4v) is 2.86. The molecule has 1 aromatic carbocycles. The van der Waals surface area contributed by atoms with Gasteiger partial charge in [-0.25, -0.2) is 0 Å². The van der Waals surface area contributed by atoms with Gasteiger partial charge in [0.25, 0.3) is 0 Å². The molecule has 2 heterocycles. The van der Waals surface area contributed by atoms with E-state index in [0.717, 1.165) is 44.7 Å². The number of ether oxygens (including phenoxy) is 4. The van der Waals surface area contributed by atoms with Crippen molar-refractivity contribution >= 4 is 21.8 Å². The van der Waals surface area contributed by atoms with Crippen LogP contribution in [-0.4, -0.2) is 50.6 Å². The monoisotopic (exact) mass is 356 g/mol. The molecule has 0 aliphatic heterocycles. The van der Waals surface area contributed by atoms with Gasteiger partial charge in [-0.1, -0.05) is 0 Å². The van der Waals surface area contributed by atoms with Crippen LogP contribution in [0.1, 0.15) is 11.4 Å². The van der Waals surface area contributed by atoms with Crippen LogP contribution in [0.3, 0.4) is 0 Å². The van der Waals surface area contributed by atoms with Crippen LogP contribution in [0, 0.1) is 13.8 Å². The Labute approximate surface area is 153 Å². The molecular formula is C20H24N2O4. The summed E-state index contributed by atoms with van der Waals surface area (Å²) in [5.41, 5.74) is 3.38. The summed E-state index contributed by atoms with van der Waals surface area (Å²) in [6, 6.07) is 7.89. The van der Waals surface area contributed by atoms with Crippen LogP contribution in [0.2, 0.25) is 0 Å². The Kier molecular flexibility index (Phi) is 5.85. The summed E-state index contributed by atoms with van der Waals surface area (Å²) in [5.74, 6) is 1.58. The molecule has 0 fully saturated rings. The smallest absolute Gasteiger partial charge is 0.130 e. The Hall–Kier alpha value is -2.44. The van der Waals surface area contributed by atoms with Crippen molar-refractivity contribution in [2.75, 3.05) is 40.6 Å². The van der Waals surface area contributed by atoms with Crippen LogP contribution in [0.25, 0.3) is 21.8 Å². The first-order chi connectivity index (χ1) is 12.6. The molecule has 0 saturated carbocycles. The van der Waals surface area contributed by atoms with E-state index in [4.69, 9.17) is 28.9 Å². The van der Waals surface area contributed by atoms with Crippen molar-refractivity contribution in [1.82, 2.24) is 9.97 Å². The third-order valence-electron chi connectivity index (χ3n) is 4.03. The standard InChI is InChI=1S/C20H24N2O4/c1-13-11-17(25-9-7-23-3)15-5-6-16-18(26-10-8-24-4)12-14(2)22-20(16)19(15)21-13/h5-6,11-12H,7-10H2,1-4H3. The van der Waals surface area contributed by atoms with Gasteiger partial charge in [0.2, 0.25) is 0 Å². The molecule has 6 nitrogen and oxygen atoms in total. The Bertz CT molecular complexity index is 837. The quantitative estimate of drug-likeness (QED) is 0.455. The molecule has 0 saturated heterocycles. The minimum absolute atomic E-state index is 0.486. The first-order valence-corrected chi connectivity index (χ1v) is 8.59. The van der Waals surface area contributed by atoms with E-state index >= 15 is 0 Å². The third kappa shape index (κ3) is 3.86. The lowest BCUT2D eigenvalue weighted by molar-refractivity contribution is 0.147. The second-order valence-electron chi connectivity index (χ2n) is 6.06. The van der Waals surface area contributed by atoms with Crippen molar-refractivity contribution in [3.8, 4) is 11.5 Å². The highest BCUT2D eigenvalue weighted by atomic mass is 16.5. The Morgan fingerprint density at radius 2 is 1.12 bits per heavy atom. The normalized spacial score (nSPS) is 11.2. The number of hydrogen-bond acceptors (Lipinski definition) is 6. The Balaban J connectivity index is 2.12. The molecule has 0 aliphatic carbocycles. The number of aromatic nitrogens is 2. The van der Waals surface area contributed by atoms with E-state index in [-0.39, 0.29) is 0 Å². The molecule has 138 valence electrons. The molecule has 26 heavy (non-hydrogen) atoms. The Morgan fingerprint density at radius 1 is 0.692 bits per heavy atom. The van der Waals surface area contributed by atoms with Crippen LogP contribution in [-0.2, 0) is 9.47 Å². The molecule has 0 amide bonds. The lowest BCUT2D eigenvalue weighted by Gasteiger charge is -2.14. The molecule has 3 aromatic rings. The van der Waals surface area contributed by atoms with E-state index in [1.807, 2.05) is 38.1 Å². The molecule has 0 aliphatic rings. The lowest BCUT2D eigenvalue weighted by atomic mass is 10.1. The zero-order valence-corrected chi connectivity index (χ0v) is 15.7. The number of nitrogens with zero attached hydrogens (tertiary/aromatic N) is 2. The van der Waals surface area contributed by atoms with Crippen molar-refractivity contribution in [2.45, 2.75) is 13.8 Å². The number of aryl methyl sites for hydroxylation is 2.